The molecule has 0 spiro atoms. The Morgan fingerprint density at radius 1 is 1.25 bits per heavy atom. The fourth-order valence-corrected chi connectivity index (χ4v) is 1.83. The summed E-state index contributed by atoms with van der Waals surface area (Å²) in [5, 5.41) is 11.2. The molecule has 0 saturated heterocycles. The first kappa shape index (κ1) is 14.1. The Labute approximate surface area is 121 Å². The van der Waals surface area contributed by atoms with E-state index in [4.69, 9.17) is 5.11 Å². The van der Waals surface area contributed by atoms with Gasteiger partial charge in [0, 0.05) is 10.7 Å². The molecule has 1 aromatic carbocycles. The van der Waals surface area contributed by atoms with E-state index in [1.807, 2.05) is 0 Å². The Balaban J connectivity index is 2.23. The van der Waals surface area contributed by atoms with E-state index in [1.165, 1.54) is 30.5 Å². The highest BCUT2D eigenvalue weighted by molar-refractivity contribution is 9.10. The maximum Gasteiger partial charge on any atom is 0.337 e. The van der Waals surface area contributed by atoms with Crippen LogP contribution in [0.1, 0.15) is 20.7 Å². The van der Waals surface area contributed by atoms with Crippen molar-refractivity contribution in [3.8, 4) is 0 Å². The van der Waals surface area contributed by atoms with Crippen LogP contribution in [-0.2, 0) is 0 Å². The molecule has 1 amide bonds. The molecule has 0 unspecified atom stereocenters. The molecule has 1 aromatic heterocycles. The quantitative estimate of drug-likeness (QED) is 0.901. The van der Waals surface area contributed by atoms with Crippen LogP contribution >= 0.6 is 15.9 Å². The Bertz CT molecular complexity index is 691. The van der Waals surface area contributed by atoms with Gasteiger partial charge in [-0.3, -0.25) is 9.78 Å². The van der Waals surface area contributed by atoms with Crippen LogP contribution in [0.25, 0.3) is 0 Å². The number of pyridine rings is 1. The summed E-state index contributed by atoms with van der Waals surface area (Å²) in [5.74, 6) is -2.53. The minimum atomic E-state index is -1.16. The van der Waals surface area contributed by atoms with Gasteiger partial charge in [0.1, 0.15) is 5.82 Å². The second-order valence-electron chi connectivity index (χ2n) is 3.85. The molecule has 20 heavy (non-hydrogen) atoms. The van der Waals surface area contributed by atoms with E-state index in [9.17, 15) is 14.0 Å². The van der Waals surface area contributed by atoms with Crippen molar-refractivity contribution >= 4 is 33.5 Å². The molecular weight excluding hydrogens is 331 g/mol. The standard InChI is InChI=1S/C13H8BrFN2O3/c14-8-1-2-10(11(15)4-8)12(18)17-9-3-7(13(19)20)5-16-6-9/h1-6H,(H,17,18)(H,19,20). The predicted molar refractivity (Wildman–Crippen MR) is 73.2 cm³/mol. The molecule has 0 saturated carbocycles. The highest BCUT2D eigenvalue weighted by atomic mass is 79.9. The summed E-state index contributed by atoms with van der Waals surface area (Å²) in [6.45, 7) is 0. The molecule has 0 fully saturated rings. The van der Waals surface area contributed by atoms with Gasteiger partial charge in [0.25, 0.3) is 5.91 Å². The van der Waals surface area contributed by atoms with Crippen molar-refractivity contribution in [3.05, 3.63) is 58.1 Å². The maximum absolute atomic E-state index is 13.6. The van der Waals surface area contributed by atoms with Crippen molar-refractivity contribution in [1.82, 2.24) is 4.98 Å². The summed E-state index contributed by atoms with van der Waals surface area (Å²) >= 11 is 3.09. The zero-order valence-electron chi connectivity index (χ0n) is 9.93. The number of aromatic carboxylic acids is 1. The number of rotatable bonds is 3. The van der Waals surface area contributed by atoms with Crippen molar-refractivity contribution in [2.24, 2.45) is 0 Å². The molecule has 0 aliphatic rings. The van der Waals surface area contributed by atoms with Gasteiger partial charge >= 0.3 is 5.97 Å². The lowest BCUT2D eigenvalue weighted by Gasteiger charge is -2.06. The van der Waals surface area contributed by atoms with Crippen LogP contribution in [0, 0.1) is 5.82 Å². The number of aromatic nitrogens is 1. The van der Waals surface area contributed by atoms with Crippen LogP contribution in [0.15, 0.2) is 41.1 Å². The van der Waals surface area contributed by atoms with Crippen LogP contribution in [0.5, 0.6) is 0 Å². The van der Waals surface area contributed by atoms with Gasteiger partial charge in [-0.1, -0.05) is 15.9 Å². The summed E-state index contributed by atoms with van der Waals surface area (Å²) in [5.41, 5.74) is -0.0368. The van der Waals surface area contributed by atoms with Crippen LogP contribution in [0.4, 0.5) is 10.1 Å². The number of hydrogen-bond acceptors (Lipinski definition) is 3. The van der Waals surface area contributed by atoms with E-state index in [-0.39, 0.29) is 16.8 Å². The van der Waals surface area contributed by atoms with E-state index in [2.05, 4.69) is 26.2 Å². The van der Waals surface area contributed by atoms with Crippen LogP contribution in [-0.4, -0.2) is 22.0 Å². The molecule has 0 aliphatic heterocycles. The minimum Gasteiger partial charge on any atom is -0.478 e. The number of carboxylic acids is 1. The Morgan fingerprint density at radius 2 is 2.00 bits per heavy atom. The number of carboxylic acid groups (broad SMARTS) is 1. The number of hydrogen-bond donors (Lipinski definition) is 2. The van der Waals surface area contributed by atoms with Crippen molar-refractivity contribution in [3.63, 3.8) is 0 Å². The van der Waals surface area contributed by atoms with E-state index >= 15 is 0 Å². The van der Waals surface area contributed by atoms with Gasteiger partial charge < -0.3 is 10.4 Å². The molecular formula is C13H8BrFN2O3. The molecule has 5 nitrogen and oxygen atoms in total. The fourth-order valence-electron chi connectivity index (χ4n) is 1.50. The zero-order valence-corrected chi connectivity index (χ0v) is 11.5. The van der Waals surface area contributed by atoms with Crippen LogP contribution in [0.2, 0.25) is 0 Å². The number of carbonyl (C=O) groups excluding carboxylic acids is 1. The van der Waals surface area contributed by atoms with Gasteiger partial charge in [0.15, 0.2) is 0 Å². The van der Waals surface area contributed by atoms with Gasteiger partial charge in [0.2, 0.25) is 0 Å². The highest BCUT2D eigenvalue weighted by Gasteiger charge is 2.13. The van der Waals surface area contributed by atoms with E-state index in [1.54, 1.807) is 0 Å². The third kappa shape index (κ3) is 3.18. The highest BCUT2D eigenvalue weighted by Crippen LogP contribution is 2.17. The second kappa shape index (κ2) is 5.79. The number of nitrogens with one attached hydrogen (secondary N) is 1. The minimum absolute atomic E-state index is 0.0703. The average Bonchev–Trinajstić information content (AvgIpc) is 2.38. The number of amides is 1. The summed E-state index contributed by atoms with van der Waals surface area (Å²) in [6.07, 6.45) is 2.43. The molecule has 2 aromatic rings. The zero-order chi connectivity index (χ0) is 14.7. The van der Waals surface area contributed by atoms with Crippen molar-refractivity contribution < 1.29 is 19.1 Å². The van der Waals surface area contributed by atoms with E-state index in [0.29, 0.717) is 4.47 Å². The van der Waals surface area contributed by atoms with E-state index < -0.39 is 17.7 Å². The predicted octanol–water partition coefficient (Wildman–Crippen LogP) is 2.93. The molecule has 0 aliphatic carbocycles. The number of halogens is 2. The van der Waals surface area contributed by atoms with Gasteiger partial charge in [-0.05, 0) is 24.3 Å². The van der Waals surface area contributed by atoms with Crippen molar-refractivity contribution in [2.75, 3.05) is 5.32 Å². The van der Waals surface area contributed by atoms with Crippen LogP contribution < -0.4 is 5.32 Å². The maximum atomic E-state index is 13.6. The number of benzene rings is 1. The van der Waals surface area contributed by atoms with Crippen LogP contribution in [0.3, 0.4) is 0 Å². The fraction of sp³-hybridized carbons (Fsp3) is 0. The number of nitrogens with zero attached hydrogens (tertiary/aromatic N) is 1. The molecule has 2 rings (SSSR count). The number of anilines is 1. The Kier molecular flexibility index (Phi) is 4.09. The monoisotopic (exact) mass is 338 g/mol. The van der Waals surface area contributed by atoms with Gasteiger partial charge in [-0.25, -0.2) is 9.18 Å². The molecule has 2 N–H and O–H groups in total. The molecule has 7 heteroatoms. The first-order valence-corrected chi connectivity index (χ1v) is 6.21. The summed E-state index contributed by atoms with van der Waals surface area (Å²) in [6, 6.07) is 5.26. The Hall–Kier alpha value is -2.28. The first-order chi connectivity index (χ1) is 9.47. The molecule has 102 valence electrons. The summed E-state index contributed by atoms with van der Waals surface area (Å²) in [7, 11) is 0. The lowest BCUT2D eigenvalue weighted by atomic mass is 10.2. The molecule has 0 bridgehead atoms. The SMILES string of the molecule is O=C(O)c1cncc(NC(=O)c2ccc(Br)cc2F)c1. The average molecular weight is 339 g/mol. The molecule has 0 radical (unpaired) electrons. The van der Waals surface area contributed by atoms with Gasteiger partial charge in [-0.15, -0.1) is 0 Å². The third-order valence-corrected chi connectivity index (χ3v) is 2.91. The van der Waals surface area contributed by atoms with Crippen molar-refractivity contribution in [1.29, 1.82) is 0 Å². The normalized spacial score (nSPS) is 10.1. The molecule has 1 heterocycles. The lowest BCUT2D eigenvalue weighted by Crippen LogP contribution is -2.14. The number of carbonyl (C=O) groups is 2. The Morgan fingerprint density at radius 3 is 2.65 bits per heavy atom. The van der Waals surface area contributed by atoms with Crippen molar-refractivity contribution in [2.45, 2.75) is 0 Å². The van der Waals surface area contributed by atoms with E-state index in [0.717, 1.165) is 6.20 Å². The largest absolute Gasteiger partial charge is 0.478 e. The third-order valence-electron chi connectivity index (χ3n) is 2.42. The summed E-state index contributed by atoms with van der Waals surface area (Å²) in [4.78, 5) is 26.4. The second-order valence-corrected chi connectivity index (χ2v) is 4.76. The first-order valence-electron chi connectivity index (χ1n) is 5.42. The summed E-state index contributed by atoms with van der Waals surface area (Å²) < 4.78 is 14.1. The smallest absolute Gasteiger partial charge is 0.337 e. The molecule has 0 atom stereocenters. The topological polar surface area (TPSA) is 79.3 Å². The lowest BCUT2D eigenvalue weighted by molar-refractivity contribution is 0.0696. The van der Waals surface area contributed by atoms with Gasteiger partial charge in [-0.2, -0.15) is 0 Å². The van der Waals surface area contributed by atoms with Gasteiger partial charge in [0.05, 0.1) is 23.0 Å².